The third-order valence-corrected chi connectivity index (χ3v) is 2.45. The van der Waals surface area contributed by atoms with E-state index in [0.29, 0.717) is 18.5 Å². The normalized spacial score (nSPS) is 11.0. The summed E-state index contributed by atoms with van der Waals surface area (Å²) in [6, 6.07) is 3.56. The fourth-order valence-electron chi connectivity index (χ4n) is 1.33. The molecule has 1 rings (SSSR count). The fraction of sp³-hybridized carbons (Fsp3) is 0.455. The summed E-state index contributed by atoms with van der Waals surface area (Å²) in [6.07, 6.45) is 0.522. The first kappa shape index (κ1) is 12.5. The lowest BCUT2D eigenvalue weighted by Gasteiger charge is -2.15. The van der Waals surface area contributed by atoms with Gasteiger partial charge >= 0.3 is 0 Å². The molecule has 1 aromatic rings. The summed E-state index contributed by atoms with van der Waals surface area (Å²) in [4.78, 5) is 2.04. The molecular weight excluding hydrogens is 216 g/mol. The van der Waals surface area contributed by atoms with Gasteiger partial charge in [0.05, 0.1) is 0 Å². The number of halogens is 2. The predicted octanol–water partition coefficient (Wildman–Crippen LogP) is 2.37. The molecule has 0 atom stereocenters. The predicted molar refractivity (Wildman–Crippen MR) is 61.4 cm³/mol. The van der Waals surface area contributed by atoms with E-state index < -0.39 is 0 Å². The Morgan fingerprint density at radius 3 is 2.67 bits per heavy atom. The maximum atomic E-state index is 13.2. The molecule has 0 fully saturated rings. The zero-order chi connectivity index (χ0) is 11.3. The molecule has 0 radical (unpaired) electrons. The van der Waals surface area contributed by atoms with E-state index in [0.717, 1.165) is 18.4 Å². The smallest absolute Gasteiger partial charge is 0.126 e. The number of hydrogen-bond acceptors (Lipinski definition) is 2. The van der Waals surface area contributed by atoms with Gasteiger partial charge in [-0.2, -0.15) is 12.6 Å². The van der Waals surface area contributed by atoms with Crippen LogP contribution < -0.4 is 0 Å². The van der Waals surface area contributed by atoms with Crippen molar-refractivity contribution in [3.8, 4) is 0 Å². The van der Waals surface area contributed by atoms with Gasteiger partial charge in [-0.25, -0.2) is 8.78 Å². The van der Waals surface area contributed by atoms with E-state index in [-0.39, 0.29) is 11.6 Å². The third kappa shape index (κ3) is 4.18. The van der Waals surface area contributed by atoms with Crippen LogP contribution in [0.3, 0.4) is 0 Å². The van der Waals surface area contributed by atoms with Crippen molar-refractivity contribution in [3.05, 3.63) is 35.4 Å². The van der Waals surface area contributed by atoms with E-state index in [9.17, 15) is 8.78 Å². The van der Waals surface area contributed by atoms with Crippen LogP contribution in [0.25, 0.3) is 0 Å². The molecule has 0 amide bonds. The Bertz CT molecular complexity index is 317. The highest BCUT2D eigenvalue weighted by Gasteiger charge is 2.05. The lowest BCUT2D eigenvalue weighted by Crippen LogP contribution is -2.23. The molecule has 15 heavy (non-hydrogen) atoms. The van der Waals surface area contributed by atoms with E-state index >= 15 is 0 Å². The monoisotopic (exact) mass is 231 g/mol. The molecule has 0 heterocycles. The van der Waals surface area contributed by atoms with Crippen LogP contribution in [0.1, 0.15) is 5.56 Å². The SMILES string of the molecule is CN(CCS)CCc1cc(F)ccc1F. The standard InChI is InChI=1S/C11H15F2NS/c1-14(6-7-15)5-4-9-8-10(12)2-3-11(9)13/h2-3,8,15H,4-7H2,1H3. The minimum Gasteiger partial charge on any atom is -0.305 e. The van der Waals surface area contributed by atoms with E-state index in [1.807, 2.05) is 11.9 Å². The Balaban J connectivity index is 2.53. The van der Waals surface area contributed by atoms with Gasteiger partial charge in [0.2, 0.25) is 0 Å². The second-order valence-electron chi connectivity index (χ2n) is 3.51. The number of likely N-dealkylation sites (N-methyl/N-ethyl adjacent to an activating group) is 1. The average Bonchev–Trinajstić information content (AvgIpc) is 2.20. The van der Waals surface area contributed by atoms with Crippen LogP contribution in [0, 0.1) is 11.6 Å². The van der Waals surface area contributed by atoms with Crippen molar-refractivity contribution in [2.75, 3.05) is 25.9 Å². The highest BCUT2D eigenvalue weighted by atomic mass is 32.1. The zero-order valence-electron chi connectivity index (χ0n) is 8.71. The lowest BCUT2D eigenvalue weighted by atomic mass is 10.1. The lowest BCUT2D eigenvalue weighted by molar-refractivity contribution is 0.358. The summed E-state index contributed by atoms with van der Waals surface area (Å²) in [6.45, 7) is 1.56. The molecule has 1 nitrogen and oxygen atoms in total. The molecule has 0 N–H and O–H groups in total. The van der Waals surface area contributed by atoms with Crippen LogP contribution in [-0.2, 0) is 6.42 Å². The second-order valence-corrected chi connectivity index (χ2v) is 3.96. The van der Waals surface area contributed by atoms with Gasteiger partial charge < -0.3 is 4.90 Å². The molecule has 0 aliphatic rings. The summed E-state index contributed by atoms with van der Waals surface area (Å²) in [5, 5.41) is 0. The van der Waals surface area contributed by atoms with E-state index in [4.69, 9.17) is 0 Å². The molecule has 0 aromatic heterocycles. The molecule has 0 bridgehead atoms. The zero-order valence-corrected chi connectivity index (χ0v) is 9.61. The van der Waals surface area contributed by atoms with Crippen molar-refractivity contribution in [1.29, 1.82) is 0 Å². The Hall–Kier alpha value is -0.610. The van der Waals surface area contributed by atoms with Crippen molar-refractivity contribution < 1.29 is 8.78 Å². The first-order valence-electron chi connectivity index (χ1n) is 4.87. The first-order valence-corrected chi connectivity index (χ1v) is 5.50. The molecule has 1 aromatic carbocycles. The Morgan fingerprint density at radius 1 is 1.27 bits per heavy atom. The molecule has 0 aliphatic carbocycles. The number of rotatable bonds is 5. The largest absolute Gasteiger partial charge is 0.305 e. The van der Waals surface area contributed by atoms with Gasteiger partial charge in [0.15, 0.2) is 0 Å². The maximum absolute atomic E-state index is 13.2. The molecular formula is C11H15F2NS. The Kier molecular flexibility index (Phi) is 5.05. The van der Waals surface area contributed by atoms with Crippen LogP contribution in [0.15, 0.2) is 18.2 Å². The maximum Gasteiger partial charge on any atom is 0.126 e. The molecule has 4 heteroatoms. The van der Waals surface area contributed by atoms with Gasteiger partial charge in [0.25, 0.3) is 0 Å². The van der Waals surface area contributed by atoms with Crippen molar-refractivity contribution in [1.82, 2.24) is 4.90 Å². The van der Waals surface area contributed by atoms with E-state index in [1.165, 1.54) is 12.1 Å². The highest BCUT2D eigenvalue weighted by Crippen LogP contribution is 2.10. The van der Waals surface area contributed by atoms with Crippen LogP contribution in [-0.4, -0.2) is 30.8 Å². The number of hydrogen-bond donors (Lipinski definition) is 1. The summed E-state index contributed by atoms with van der Waals surface area (Å²) >= 11 is 4.10. The number of thiol groups is 1. The summed E-state index contributed by atoms with van der Waals surface area (Å²) in [7, 11) is 1.94. The van der Waals surface area contributed by atoms with Crippen molar-refractivity contribution in [3.63, 3.8) is 0 Å². The molecule has 0 unspecified atom stereocenters. The van der Waals surface area contributed by atoms with Gasteiger partial charge in [-0.15, -0.1) is 0 Å². The van der Waals surface area contributed by atoms with Crippen LogP contribution >= 0.6 is 12.6 Å². The Labute approximate surface area is 94.5 Å². The Morgan fingerprint density at radius 2 is 2.00 bits per heavy atom. The number of nitrogens with zero attached hydrogens (tertiary/aromatic N) is 1. The second kappa shape index (κ2) is 6.08. The minimum absolute atomic E-state index is 0.337. The van der Waals surface area contributed by atoms with Gasteiger partial charge in [-0.3, -0.25) is 0 Å². The topological polar surface area (TPSA) is 3.24 Å². The van der Waals surface area contributed by atoms with Crippen LogP contribution in [0.5, 0.6) is 0 Å². The van der Waals surface area contributed by atoms with Gasteiger partial charge in [0, 0.05) is 18.8 Å². The van der Waals surface area contributed by atoms with Gasteiger partial charge in [-0.1, -0.05) is 0 Å². The van der Waals surface area contributed by atoms with Crippen LogP contribution in [0.2, 0.25) is 0 Å². The van der Waals surface area contributed by atoms with Crippen molar-refractivity contribution >= 4 is 12.6 Å². The quantitative estimate of drug-likeness (QED) is 0.761. The molecule has 0 aliphatic heterocycles. The van der Waals surface area contributed by atoms with E-state index in [1.54, 1.807) is 0 Å². The third-order valence-electron chi connectivity index (χ3n) is 2.25. The molecule has 0 saturated heterocycles. The molecule has 0 spiro atoms. The first-order chi connectivity index (χ1) is 7.13. The fourth-order valence-corrected chi connectivity index (χ4v) is 1.67. The number of benzene rings is 1. The summed E-state index contributed by atoms with van der Waals surface area (Å²) < 4.78 is 26.0. The van der Waals surface area contributed by atoms with E-state index in [2.05, 4.69) is 12.6 Å². The summed E-state index contributed by atoms with van der Waals surface area (Å²) in [5.41, 5.74) is 0.431. The average molecular weight is 231 g/mol. The van der Waals surface area contributed by atoms with Gasteiger partial charge in [0.1, 0.15) is 11.6 Å². The molecule has 84 valence electrons. The van der Waals surface area contributed by atoms with Crippen molar-refractivity contribution in [2.24, 2.45) is 0 Å². The molecule has 0 saturated carbocycles. The summed E-state index contributed by atoms with van der Waals surface area (Å²) in [5.74, 6) is 0.0428. The minimum atomic E-state index is -0.386. The van der Waals surface area contributed by atoms with Gasteiger partial charge in [-0.05, 0) is 37.2 Å². The van der Waals surface area contributed by atoms with Crippen molar-refractivity contribution in [2.45, 2.75) is 6.42 Å². The highest BCUT2D eigenvalue weighted by molar-refractivity contribution is 7.80. The van der Waals surface area contributed by atoms with Crippen LogP contribution in [0.4, 0.5) is 8.78 Å².